The average Bonchev–Trinajstić information content (AvgIpc) is 2.55. The van der Waals surface area contributed by atoms with Gasteiger partial charge in [-0.2, -0.15) is 0 Å². The van der Waals surface area contributed by atoms with E-state index < -0.39 is 22.8 Å². The Morgan fingerprint density at radius 3 is 2.65 bits per heavy atom. The van der Waals surface area contributed by atoms with Crippen molar-refractivity contribution in [1.82, 2.24) is 14.9 Å². The summed E-state index contributed by atoms with van der Waals surface area (Å²) < 4.78 is 6.94. The van der Waals surface area contributed by atoms with Gasteiger partial charge in [-0.05, 0) is 37.6 Å². The molecular formula is C17H17Cl2N3O4. The number of hydrogen-bond donors (Lipinski definition) is 2. The number of aromatic hydroxyl groups is 1. The lowest BCUT2D eigenvalue weighted by molar-refractivity contribution is -0.0566. The molecule has 1 aromatic carbocycles. The molecular weight excluding hydrogens is 381 g/mol. The number of nitrogens with zero attached hydrogens (tertiary/aromatic N) is 2. The molecule has 0 spiro atoms. The summed E-state index contributed by atoms with van der Waals surface area (Å²) in [6.45, 7) is 4.19. The summed E-state index contributed by atoms with van der Waals surface area (Å²) in [6, 6.07) is 4.88. The van der Waals surface area contributed by atoms with E-state index >= 15 is 0 Å². The average molecular weight is 398 g/mol. The van der Waals surface area contributed by atoms with Gasteiger partial charge >= 0.3 is 0 Å². The third kappa shape index (κ3) is 3.56. The second kappa shape index (κ2) is 6.90. The zero-order chi connectivity index (χ0) is 19.1. The van der Waals surface area contributed by atoms with Crippen molar-refractivity contribution in [3.05, 3.63) is 55.7 Å². The van der Waals surface area contributed by atoms with Gasteiger partial charge in [0, 0.05) is 16.6 Å². The molecule has 26 heavy (non-hydrogen) atoms. The monoisotopic (exact) mass is 397 g/mol. The maximum atomic E-state index is 12.5. The molecule has 0 saturated heterocycles. The second-order valence-electron chi connectivity index (χ2n) is 6.41. The fourth-order valence-electron chi connectivity index (χ4n) is 2.81. The number of hydrogen-bond acceptors (Lipinski definition) is 5. The van der Waals surface area contributed by atoms with Crippen LogP contribution in [0.1, 0.15) is 35.7 Å². The molecule has 0 unspecified atom stereocenters. The van der Waals surface area contributed by atoms with E-state index in [-0.39, 0.29) is 18.8 Å². The summed E-state index contributed by atoms with van der Waals surface area (Å²) >= 11 is 11.9. The van der Waals surface area contributed by atoms with Gasteiger partial charge in [0.2, 0.25) is 5.75 Å². The van der Waals surface area contributed by atoms with Gasteiger partial charge < -0.3 is 15.2 Å². The molecule has 0 saturated carbocycles. The number of carbonyl (C=O) groups excluding carboxylic acids is 1. The quantitative estimate of drug-likeness (QED) is 0.829. The summed E-state index contributed by atoms with van der Waals surface area (Å²) in [4.78, 5) is 29.1. The fourth-order valence-corrected chi connectivity index (χ4v) is 3.38. The number of benzene rings is 1. The van der Waals surface area contributed by atoms with Crippen LogP contribution in [-0.2, 0) is 23.4 Å². The van der Waals surface area contributed by atoms with E-state index in [9.17, 15) is 14.7 Å². The highest BCUT2D eigenvalue weighted by atomic mass is 35.5. The van der Waals surface area contributed by atoms with E-state index in [1.165, 1.54) is 4.57 Å². The van der Waals surface area contributed by atoms with Gasteiger partial charge in [0.05, 0.1) is 13.2 Å². The van der Waals surface area contributed by atoms with Crippen LogP contribution in [0, 0.1) is 0 Å². The normalized spacial score (nSPS) is 15.4. The first-order chi connectivity index (χ1) is 12.2. The minimum atomic E-state index is -0.847. The van der Waals surface area contributed by atoms with Gasteiger partial charge in [-0.3, -0.25) is 14.2 Å². The number of carbonyl (C=O) groups is 1. The zero-order valence-corrected chi connectivity index (χ0v) is 15.7. The standard InChI is InChI=1S/C17H17Cl2N3O4/c1-17(2)16-21-12(13(23)15(25)22(16)3-4-26-17)14(24)20-8-9-5-10(18)7-11(19)6-9/h5-7,23H,3-4,8H2,1-2H3,(H,20,24). The van der Waals surface area contributed by atoms with Crippen LogP contribution in [0.2, 0.25) is 10.0 Å². The number of fused-ring (bicyclic) bond motifs is 1. The van der Waals surface area contributed by atoms with E-state index in [2.05, 4.69) is 10.3 Å². The molecule has 2 heterocycles. The lowest BCUT2D eigenvalue weighted by Gasteiger charge is -2.32. The second-order valence-corrected chi connectivity index (χ2v) is 7.28. The van der Waals surface area contributed by atoms with Crippen LogP contribution in [0.25, 0.3) is 0 Å². The fraction of sp³-hybridized carbons (Fsp3) is 0.353. The van der Waals surface area contributed by atoms with Crippen molar-refractivity contribution in [2.75, 3.05) is 6.61 Å². The third-order valence-corrected chi connectivity index (χ3v) is 4.49. The highest BCUT2D eigenvalue weighted by molar-refractivity contribution is 6.34. The van der Waals surface area contributed by atoms with Crippen LogP contribution in [-0.4, -0.2) is 27.2 Å². The number of halogens is 2. The lowest BCUT2D eigenvalue weighted by atomic mass is 10.1. The molecule has 3 rings (SSSR count). The van der Waals surface area contributed by atoms with Gasteiger partial charge in [0.15, 0.2) is 5.69 Å². The maximum absolute atomic E-state index is 12.5. The predicted octanol–water partition coefficient (Wildman–Crippen LogP) is 2.45. The Balaban J connectivity index is 1.90. The molecule has 0 aliphatic carbocycles. The Hall–Kier alpha value is -2.09. The molecule has 0 atom stereocenters. The van der Waals surface area contributed by atoms with Crippen LogP contribution in [0.5, 0.6) is 5.75 Å². The molecule has 1 aliphatic rings. The number of nitrogens with one attached hydrogen (secondary N) is 1. The van der Waals surface area contributed by atoms with Crippen LogP contribution >= 0.6 is 23.2 Å². The van der Waals surface area contributed by atoms with Crippen LogP contribution in [0.15, 0.2) is 23.0 Å². The Morgan fingerprint density at radius 1 is 1.35 bits per heavy atom. The Bertz CT molecular complexity index is 920. The Kier molecular flexibility index (Phi) is 4.96. The molecule has 1 aliphatic heterocycles. The van der Waals surface area contributed by atoms with Gasteiger partial charge in [0.25, 0.3) is 11.5 Å². The molecule has 1 amide bonds. The minimum absolute atomic E-state index is 0.110. The molecule has 2 aromatic rings. The molecule has 0 bridgehead atoms. The topological polar surface area (TPSA) is 93.5 Å². The summed E-state index contributed by atoms with van der Waals surface area (Å²) in [5.74, 6) is -1.07. The molecule has 138 valence electrons. The molecule has 0 fully saturated rings. The van der Waals surface area contributed by atoms with Crippen molar-refractivity contribution in [2.24, 2.45) is 0 Å². The molecule has 0 radical (unpaired) electrons. The zero-order valence-electron chi connectivity index (χ0n) is 14.2. The van der Waals surface area contributed by atoms with Gasteiger partial charge in [-0.15, -0.1) is 0 Å². The van der Waals surface area contributed by atoms with E-state index in [4.69, 9.17) is 27.9 Å². The smallest absolute Gasteiger partial charge is 0.296 e. The molecule has 1 aromatic heterocycles. The van der Waals surface area contributed by atoms with Gasteiger partial charge in [-0.25, -0.2) is 4.98 Å². The van der Waals surface area contributed by atoms with E-state index in [1.54, 1.807) is 32.0 Å². The summed E-state index contributed by atoms with van der Waals surface area (Å²) in [5.41, 5.74) is -1.18. The molecule has 2 N–H and O–H groups in total. The first kappa shape index (κ1) is 18.7. The highest BCUT2D eigenvalue weighted by Crippen LogP contribution is 2.27. The van der Waals surface area contributed by atoms with Crippen LogP contribution in [0.3, 0.4) is 0 Å². The summed E-state index contributed by atoms with van der Waals surface area (Å²) in [6.07, 6.45) is 0. The first-order valence-corrected chi connectivity index (χ1v) is 8.66. The predicted molar refractivity (Wildman–Crippen MR) is 96.8 cm³/mol. The molecule has 7 nitrogen and oxygen atoms in total. The number of rotatable bonds is 3. The van der Waals surface area contributed by atoms with Crippen molar-refractivity contribution in [2.45, 2.75) is 32.5 Å². The lowest BCUT2D eigenvalue weighted by Crippen LogP contribution is -2.42. The first-order valence-electron chi connectivity index (χ1n) is 7.90. The van der Waals surface area contributed by atoms with Gasteiger partial charge in [-0.1, -0.05) is 23.2 Å². The van der Waals surface area contributed by atoms with Crippen LogP contribution in [0.4, 0.5) is 0 Å². The summed E-state index contributed by atoms with van der Waals surface area (Å²) in [5, 5.41) is 13.6. The number of amides is 1. The minimum Gasteiger partial charge on any atom is -0.501 e. The largest absolute Gasteiger partial charge is 0.501 e. The summed E-state index contributed by atoms with van der Waals surface area (Å²) in [7, 11) is 0. The van der Waals surface area contributed by atoms with Crippen molar-refractivity contribution in [3.63, 3.8) is 0 Å². The van der Waals surface area contributed by atoms with Crippen LogP contribution < -0.4 is 10.9 Å². The van der Waals surface area contributed by atoms with E-state index in [0.717, 1.165) is 0 Å². The van der Waals surface area contributed by atoms with Crippen molar-refractivity contribution >= 4 is 29.1 Å². The van der Waals surface area contributed by atoms with Crippen molar-refractivity contribution < 1.29 is 14.6 Å². The van der Waals surface area contributed by atoms with Crippen molar-refractivity contribution in [1.29, 1.82) is 0 Å². The Labute approximate surface area is 159 Å². The van der Waals surface area contributed by atoms with E-state index in [1.807, 2.05) is 0 Å². The maximum Gasteiger partial charge on any atom is 0.296 e. The third-order valence-electron chi connectivity index (χ3n) is 4.05. The number of aromatic nitrogens is 2. The Morgan fingerprint density at radius 2 is 2.00 bits per heavy atom. The van der Waals surface area contributed by atoms with Crippen molar-refractivity contribution in [3.8, 4) is 5.75 Å². The van der Waals surface area contributed by atoms with E-state index in [0.29, 0.717) is 28.0 Å². The SMILES string of the molecule is CC1(C)OCCn2c1nc(C(=O)NCc1cc(Cl)cc(Cl)c1)c(O)c2=O. The number of ether oxygens (including phenoxy) is 1. The van der Waals surface area contributed by atoms with Gasteiger partial charge in [0.1, 0.15) is 11.4 Å². The molecule has 9 heteroatoms. The highest BCUT2D eigenvalue weighted by Gasteiger charge is 2.34.